The van der Waals surface area contributed by atoms with E-state index in [2.05, 4.69) is 0 Å². The van der Waals surface area contributed by atoms with E-state index in [9.17, 15) is 38.5 Å². The van der Waals surface area contributed by atoms with Gasteiger partial charge in [0.1, 0.15) is 46.6 Å². The number of aliphatic hydroxyl groups is 1. The fourth-order valence-electron chi connectivity index (χ4n) is 6.48. The lowest BCUT2D eigenvalue weighted by Gasteiger charge is -2.35. The van der Waals surface area contributed by atoms with Gasteiger partial charge in [0.2, 0.25) is 5.78 Å². The maximum absolute atomic E-state index is 14.7. The summed E-state index contributed by atoms with van der Waals surface area (Å²) in [5.41, 5.74) is 1.23. The van der Waals surface area contributed by atoms with Gasteiger partial charge in [-0.05, 0) is 84.3 Å². The molecule has 0 aromatic heterocycles. The van der Waals surface area contributed by atoms with E-state index in [0.717, 1.165) is 13.0 Å². The topological polar surface area (TPSA) is 167 Å². The number of fused-ring (bicyclic) bond motifs is 2. The molecule has 3 N–H and O–H groups in total. The molecule has 2 unspecified atom stereocenters. The number of aliphatic hydroxyl groups excluding tert-OH is 1. The molecule has 2 heterocycles. The fraction of sp³-hybridized carbons (Fsp3) is 0.195. The highest BCUT2D eigenvalue weighted by molar-refractivity contribution is 6.05. The van der Waals surface area contributed by atoms with Crippen molar-refractivity contribution in [2.24, 2.45) is 0 Å². The Morgan fingerprint density at radius 1 is 0.782 bits per heavy atom. The number of benzene rings is 5. The summed E-state index contributed by atoms with van der Waals surface area (Å²) in [5, 5.41) is 31.6. The third kappa shape index (κ3) is 7.19. The number of aryl methyl sites for hydroxylation is 1. The Hall–Kier alpha value is -6.67. The molecule has 5 aromatic carbocycles. The molecule has 0 saturated carbocycles. The van der Waals surface area contributed by atoms with Gasteiger partial charge < -0.3 is 43.7 Å². The molecule has 2 aliphatic rings. The molecule has 7 rings (SSSR count). The van der Waals surface area contributed by atoms with Crippen molar-refractivity contribution in [2.45, 2.75) is 38.3 Å². The first-order valence-corrected chi connectivity index (χ1v) is 16.8. The number of aromatic hydroxyl groups is 2. The second-order valence-electron chi connectivity index (χ2n) is 12.9. The van der Waals surface area contributed by atoms with Crippen LogP contribution in [0.5, 0.6) is 40.2 Å². The van der Waals surface area contributed by atoms with Crippen LogP contribution in [-0.2, 0) is 9.53 Å². The van der Waals surface area contributed by atoms with Crippen molar-refractivity contribution in [1.82, 2.24) is 0 Å². The van der Waals surface area contributed by atoms with Gasteiger partial charge in [-0.15, -0.1) is 0 Å². The number of hydrogen-bond acceptors (Lipinski definition) is 12. The summed E-state index contributed by atoms with van der Waals surface area (Å²) in [5.74, 6) is -4.13. The standard InChI is InChI=1S/C41H32F2O12/c1-19-12-29(46)36-34(13-19)55-40(38(48)37(36)47)23-6-11-31-33(16-23)54-39(22-4-9-28(45)32(15-22)50-3)35(53-31)18-51-41(49)26-14-21(5-10-30(26)52-20(2)44)25-8-7-24(42)17-27(25)43/h4-17,35,38-40,45-46,48H,18H2,1-3H3/t35-,38?,39?,40-/m0/s1. The van der Waals surface area contributed by atoms with Crippen molar-refractivity contribution < 1.29 is 66.9 Å². The number of phenols is 2. The monoisotopic (exact) mass is 754 g/mol. The molecule has 2 aliphatic heterocycles. The second-order valence-corrected chi connectivity index (χ2v) is 12.9. The molecular weight excluding hydrogens is 722 g/mol. The largest absolute Gasteiger partial charge is 0.507 e. The van der Waals surface area contributed by atoms with Crippen LogP contribution in [-0.4, -0.2) is 59.0 Å². The molecule has 0 spiro atoms. The smallest absolute Gasteiger partial charge is 0.342 e. The van der Waals surface area contributed by atoms with Crippen molar-refractivity contribution in [2.75, 3.05) is 13.7 Å². The number of ether oxygens (including phenoxy) is 6. The average Bonchev–Trinajstić information content (AvgIpc) is 3.14. The van der Waals surface area contributed by atoms with E-state index in [1.807, 2.05) is 0 Å². The number of halogens is 2. The number of phenolic OH excluding ortho intramolecular Hbond substituents is 2. The SMILES string of the molecule is COc1cc(C2Oc3cc([C@@H]4Oc5cc(C)cc(O)c5C(=O)C4O)ccc3O[C@H]2COC(=O)c2cc(-c3ccc(F)cc3F)ccc2OC(C)=O)ccc1O. The van der Waals surface area contributed by atoms with Crippen LogP contribution in [0.15, 0.2) is 84.9 Å². The minimum Gasteiger partial charge on any atom is -0.507 e. The number of ketones is 1. The van der Waals surface area contributed by atoms with E-state index in [1.54, 1.807) is 25.1 Å². The molecule has 5 aromatic rings. The third-order valence-electron chi connectivity index (χ3n) is 9.05. The van der Waals surface area contributed by atoms with E-state index in [-0.39, 0.29) is 62.5 Å². The van der Waals surface area contributed by atoms with Crippen LogP contribution in [0.25, 0.3) is 11.1 Å². The summed E-state index contributed by atoms with van der Waals surface area (Å²) in [6.45, 7) is 2.41. The summed E-state index contributed by atoms with van der Waals surface area (Å²) < 4.78 is 63.3. The highest BCUT2D eigenvalue weighted by atomic mass is 19.1. The first-order chi connectivity index (χ1) is 26.3. The van der Waals surface area contributed by atoms with Gasteiger partial charge in [-0.3, -0.25) is 9.59 Å². The van der Waals surface area contributed by atoms with Crippen molar-refractivity contribution in [1.29, 1.82) is 0 Å². The van der Waals surface area contributed by atoms with Crippen molar-refractivity contribution in [3.05, 3.63) is 124 Å². The van der Waals surface area contributed by atoms with Crippen LogP contribution in [0.3, 0.4) is 0 Å². The molecule has 0 amide bonds. The lowest BCUT2D eigenvalue weighted by atomic mass is 9.92. The number of carbonyl (C=O) groups is 3. The zero-order chi connectivity index (χ0) is 39.1. The van der Waals surface area contributed by atoms with Crippen molar-refractivity contribution >= 4 is 17.7 Å². The maximum atomic E-state index is 14.7. The van der Waals surface area contributed by atoms with Gasteiger partial charge in [-0.1, -0.05) is 18.2 Å². The summed E-state index contributed by atoms with van der Waals surface area (Å²) in [4.78, 5) is 38.7. The van der Waals surface area contributed by atoms with Gasteiger partial charge in [0, 0.05) is 24.1 Å². The molecule has 282 valence electrons. The Kier molecular flexibility index (Phi) is 9.76. The highest BCUT2D eigenvalue weighted by Crippen LogP contribution is 2.45. The Morgan fingerprint density at radius 3 is 2.27 bits per heavy atom. The first kappa shape index (κ1) is 36.7. The van der Waals surface area contributed by atoms with Gasteiger partial charge in [0.25, 0.3) is 0 Å². The fourth-order valence-corrected chi connectivity index (χ4v) is 6.48. The lowest BCUT2D eigenvalue weighted by Crippen LogP contribution is -2.38. The molecular formula is C41H32F2O12. The second kappa shape index (κ2) is 14.6. The van der Waals surface area contributed by atoms with E-state index in [0.29, 0.717) is 22.8 Å². The van der Waals surface area contributed by atoms with Crippen molar-refractivity contribution in [3.63, 3.8) is 0 Å². The molecule has 55 heavy (non-hydrogen) atoms. The maximum Gasteiger partial charge on any atom is 0.342 e. The number of rotatable bonds is 8. The summed E-state index contributed by atoms with van der Waals surface area (Å²) >= 11 is 0. The van der Waals surface area contributed by atoms with Crippen LogP contribution in [0.1, 0.15) is 56.5 Å². The van der Waals surface area contributed by atoms with E-state index in [1.165, 1.54) is 61.7 Å². The Balaban J connectivity index is 1.20. The van der Waals surface area contributed by atoms with Crippen molar-refractivity contribution in [3.8, 4) is 51.4 Å². The average molecular weight is 755 g/mol. The lowest BCUT2D eigenvalue weighted by molar-refractivity contribution is -0.131. The third-order valence-corrected chi connectivity index (χ3v) is 9.05. The molecule has 0 saturated heterocycles. The van der Waals surface area contributed by atoms with E-state index >= 15 is 0 Å². The molecule has 0 aliphatic carbocycles. The van der Waals surface area contributed by atoms with Crippen LogP contribution >= 0.6 is 0 Å². The van der Waals surface area contributed by atoms with Crippen LogP contribution in [0.2, 0.25) is 0 Å². The number of esters is 2. The van der Waals surface area contributed by atoms with E-state index < -0.39 is 60.4 Å². The Bertz CT molecular complexity index is 2360. The molecule has 12 nitrogen and oxygen atoms in total. The minimum absolute atomic E-state index is 0.0147. The Labute approximate surface area is 312 Å². The summed E-state index contributed by atoms with van der Waals surface area (Å²) in [6, 6.07) is 18.9. The van der Waals surface area contributed by atoms with Gasteiger partial charge in [-0.2, -0.15) is 0 Å². The molecule has 0 radical (unpaired) electrons. The van der Waals surface area contributed by atoms with Crippen LogP contribution in [0, 0.1) is 18.6 Å². The molecule has 0 bridgehead atoms. The number of Topliss-reactive ketones (excluding diaryl/α,β-unsaturated/α-hetero) is 1. The van der Waals surface area contributed by atoms with Gasteiger partial charge >= 0.3 is 11.9 Å². The van der Waals surface area contributed by atoms with E-state index in [4.69, 9.17) is 28.4 Å². The summed E-state index contributed by atoms with van der Waals surface area (Å²) in [7, 11) is 1.36. The number of methoxy groups -OCH3 is 1. The predicted octanol–water partition coefficient (Wildman–Crippen LogP) is 6.70. The minimum atomic E-state index is -1.66. The zero-order valence-electron chi connectivity index (χ0n) is 29.4. The van der Waals surface area contributed by atoms with Crippen LogP contribution in [0.4, 0.5) is 8.78 Å². The number of hydrogen-bond donors (Lipinski definition) is 3. The Morgan fingerprint density at radius 2 is 1.53 bits per heavy atom. The predicted molar refractivity (Wildman–Crippen MR) is 189 cm³/mol. The van der Waals surface area contributed by atoms with Crippen LogP contribution < -0.4 is 23.7 Å². The number of carbonyl (C=O) groups excluding carboxylic acids is 3. The first-order valence-electron chi connectivity index (χ1n) is 16.8. The van der Waals surface area contributed by atoms with Gasteiger partial charge in [-0.25, -0.2) is 13.6 Å². The van der Waals surface area contributed by atoms with Gasteiger partial charge in [0.15, 0.2) is 47.4 Å². The molecule has 0 fully saturated rings. The summed E-state index contributed by atoms with van der Waals surface area (Å²) in [6.07, 6.45) is -4.89. The molecule has 14 heteroatoms. The molecule has 4 atom stereocenters. The highest BCUT2D eigenvalue weighted by Gasteiger charge is 2.41. The normalized spacial score (nSPS) is 18.5. The van der Waals surface area contributed by atoms with Gasteiger partial charge in [0.05, 0.1) is 7.11 Å². The zero-order valence-corrected chi connectivity index (χ0v) is 29.4. The quantitative estimate of drug-likeness (QED) is 0.114.